The minimum Gasteiger partial charge on any atom is -0.335 e. The molecule has 0 saturated carbocycles. The Morgan fingerprint density at radius 2 is 1.82 bits per heavy atom. The molecule has 1 N–H and O–H groups in total. The van der Waals surface area contributed by atoms with Crippen LogP contribution in [0.25, 0.3) is 21.8 Å². The zero-order valence-corrected chi connectivity index (χ0v) is 24.0. The monoisotopic (exact) mass is 583 g/mol. The second-order valence-corrected chi connectivity index (χ2v) is 10.7. The van der Waals surface area contributed by atoms with E-state index in [9.17, 15) is 9.59 Å². The Kier molecular flexibility index (Phi) is 7.48. The molecule has 0 aliphatic carbocycles. The third kappa shape index (κ3) is 5.16. The van der Waals surface area contributed by atoms with Gasteiger partial charge in [0.25, 0.3) is 5.56 Å². The number of carbonyl (C=O) groups is 1. The summed E-state index contributed by atoms with van der Waals surface area (Å²) in [6.45, 7) is 8.20. The van der Waals surface area contributed by atoms with E-state index in [1.54, 1.807) is 12.3 Å². The van der Waals surface area contributed by atoms with Gasteiger partial charge < -0.3 is 9.88 Å². The molecule has 39 heavy (non-hydrogen) atoms. The fourth-order valence-corrected chi connectivity index (χ4v) is 5.13. The van der Waals surface area contributed by atoms with Gasteiger partial charge in [-0.05, 0) is 56.2 Å². The Bertz CT molecular complexity index is 1800. The normalized spacial score (nSPS) is 12.4. The van der Waals surface area contributed by atoms with Gasteiger partial charge in [0.05, 0.1) is 17.1 Å². The van der Waals surface area contributed by atoms with Crippen LogP contribution in [-0.4, -0.2) is 26.3 Å². The molecule has 0 saturated heterocycles. The lowest BCUT2D eigenvalue weighted by molar-refractivity contribution is -0.116. The summed E-state index contributed by atoms with van der Waals surface area (Å²) in [4.78, 5) is 31.4. The second-order valence-electron chi connectivity index (χ2n) is 9.77. The predicted molar refractivity (Wildman–Crippen MR) is 162 cm³/mol. The molecular formula is C31H30BrN5O2. The van der Waals surface area contributed by atoms with Gasteiger partial charge in [-0.2, -0.15) is 9.78 Å². The Labute approximate surface area is 235 Å². The number of rotatable bonds is 7. The van der Waals surface area contributed by atoms with Crippen LogP contribution in [0.2, 0.25) is 0 Å². The zero-order chi connectivity index (χ0) is 27.7. The van der Waals surface area contributed by atoms with Gasteiger partial charge in [-0.1, -0.05) is 66.2 Å². The third-order valence-electron chi connectivity index (χ3n) is 7.19. The van der Waals surface area contributed by atoms with E-state index in [1.807, 2.05) is 86.0 Å². The summed E-state index contributed by atoms with van der Waals surface area (Å²) in [5.74, 6) is 0.541. The molecular weight excluding hydrogens is 554 g/mol. The third-order valence-corrected chi connectivity index (χ3v) is 7.68. The van der Waals surface area contributed by atoms with Gasteiger partial charge in [-0.25, -0.2) is 4.98 Å². The highest BCUT2D eigenvalue weighted by atomic mass is 79.9. The first kappa shape index (κ1) is 26.6. The predicted octanol–water partition coefficient (Wildman–Crippen LogP) is 6.76. The Morgan fingerprint density at radius 1 is 1.08 bits per heavy atom. The lowest BCUT2D eigenvalue weighted by Gasteiger charge is -2.14. The van der Waals surface area contributed by atoms with Crippen LogP contribution in [0.3, 0.4) is 0 Å². The molecule has 5 aromatic rings. The largest absolute Gasteiger partial charge is 0.335 e. The van der Waals surface area contributed by atoms with Crippen molar-refractivity contribution in [2.75, 3.05) is 5.32 Å². The molecule has 2 aromatic heterocycles. The second kappa shape index (κ2) is 11.0. The first-order chi connectivity index (χ1) is 18.8. The molecule has 1 atom stereocenters. The van der Waals surface area contributed by atoms with E-state index in [-0.39, 0.29) is 23.9 Å². The molecule has 198 valence electrons. The molecule has 0 unspecified atom stereocenters. The standard InChI is InChI=1S/C31H30BrN5O2/c1-5-19(2)30-35-27-15-14-22(32)16-24(27)31(39)37(30)33-17-25-21(4)36(28-13-9-7-11-23(25)28)18-29(38)34-26-12-8-6-10-20(26)3/h6-17,19H,5,18H2,1-4H3,(H,34,38)/t19-/m0/s1. The molecule has 7 nitrogen and oxygen atoms in total. The van der Waals surface area contributed by atoms with Crippen LogP contribution in [-0.2, 0) is 11.3 Å². The number of fused-ring (bicyclic) bond motifs is 2. The van der Waals surface area contributed by atoms with Gasteiger partial charge in [0.2, 0.25) is 5.91 Å². The summed E-state index contributed by atoms with van der Waals surface area (Å²) in [5.41, 5.74) is 4.90. The van der Waals surface area contributed by atoms with Crippen molar-refractivity contribution in [1.82, 2.24) is 14.2 Å². The molecule has 3 aromatic carbocycles. The molecule has 0 aliphatic heterocycles. The van der Waals surface area contributed by atoms with Crippen LogP contribution in [0.5, 0.6) is 0 Å². The average Bonchev–Trinajstić information content (AvgIpc) is 3.19. The first-order valence-electron chi connectivity index (χ1n) is 13.0. The zero-order valence-electron chi connectivity index (χ0n) is 22.4. The van der Waals surface area contributed by atoms with Crippen molar-refractivity contribution in [2.24, 2.45) is 5.10 Å². The van der Waals surface area contributed by atoms with E-state index in [4.69, 9.17) is 10.1 Å². The van der Waals surface area contributed by atoms with E-state index in [0.717, 1.165) is 44.3 Å². The van der Waals surface area contributed by atoms with Crippen LogP contribution >= 0.6 is 15.9 Å². The molecule has 0 fully saturated rings. The smallest absolute Gasteiger partial charge is 0.282 e. The van der Waals surface area contributed by atoms with Crippen LogP contribution in [0.1, 0.15) is 48.8 Å². The van der Waals surface area contributed by atoms with Gasteiger partial charge in [0.1, 0.15) is 12.4 Å². The van der Waals surface area contributed by atoms with Crippen molar-refractivity contribution in [3.63, 3.8) is 0 Å². The van der Waals surface area contributed by atoms with E-state index in [0.29, 0.717) is 16.7 Å². The average molecular weight is 585 g/mol. The number of nitrogens with one attached hydrogen (secondary N) is 1. The highest BCUT2D eigenvalue weighted by Crippen LogP contribution is 2.26. The summed E-state index contributed by atoms with van der Waals surface area (Å²) in [6.07, 6.45) is 2.53. The number of benzene rings is 3. The molecule has 0 bridgehead atoms. The Balaban J connectivity index is 1.58. The van der Waals surface area contributed by atoms with E-state index < -0.39 is 0 Å². The maximum Gasteiger partial charge on any atom is 0.282 e. The summed E-state index contributed by atoms with van der Waals surface area (Å²) in [7, 11) is 0. The minimum absolute atomic E-state index is 0.0375. The lowest BCUT2D eigenvalue weighted by Crippen LogP contribution is -2.23. The SMILES string of the molecule is CC[C@H](C)c1nc2ccc(Br)cc2c(=O)n1N=Cc1c(C)n(CC(=O)Nc2ccccc2C)c2ccccc12. The fourth-order valence-electron chi connectivity index (χ4n) is 4.77. The van der Waals surface area contributed by atoms with Crippen molar-refractivity contribution in [3.8, 4) is 0 Å². The number of aryl methyl sites for hydroxylation is 1. The van der Waals surface area contributed by atoms with Crippen LogP contribution in [0.15, 0.2) is 81.1 Å². The minimum atomic E-state index is -0.216. The number of hydrogen-bond acceptors (Lipinski definition) is 4. The van der Waals surface area contributed by atoms with Crippen LogP contribution in [0, 0.1) is 13.8 Å². The summed E-state index contributed by atoms with van der Waals surface area (Å²) in [6, 6.07) is 21.1. The van der Waals surface area contributed by atoms with Crippen molar-refractivity contribution in [1.29, 1.82) is 0 Å². The summed E-state index contributed by atoms with van der Waals surface area (Å²) in [5, 5.41) is 9.17. The molecule has 1 amide bonds. The number of hydrogen-bond donors (Lipinski definition) is 1. The molecule has 0 aliphatic rings. The lowest BCUT2D eigenvalue weighted by atomic mass is 10.1. The summed E-state index contributed by atoms with van der Waals surface area (Å²) < 4.78 is 4.21. The van der Waals surface area contributed by atoms with Crippen molar-refractivity contribution in [3.05, 3.63) is 104 Å². The van der Waals surface area contributed by atoms with Crippen molar-refractivity contribution in [2.45, 2.75) is 46.6 Å². The number of amides is 1. The van der Waals surface area contributed by atoms with Crippen molar-refractivity contribution < 1.29 is 4.79 Å². The van der Waals surface area contributed by atoms with E-state index in [1.165, 1.54) is 4.68 Å². The van der Waals surface area contributed by atoms with Gasteiger partial charge >= 0.3 is 0 Å². The highest BCUT2D eigenvalue weighted by Gasteiger charge is 2.18. The number of anilines is 1. The van der Waals surface area contributed by atoms with Gasteiger partial charge in [-0.3, -0.25) is 9.59 Å². The molecule has 0 radical (unpaired) electrons. The number of aromatic nitrogens is 3. The highest BCUT2D eigenvalue weighted by molar-refractivity contribution is 9.10. The maximum atomic E-state index is 13.6. The number of nitrogens with zero attached hydrogens (tertiary/aromatic N) is 4. The Hall–Kier alpha value is -4.04. The van der Waals surface area contributed by atoms with Gasteiger partial charge in [0, 0.05) is 38.2 Å². The number of carbonyl (C=O) groups excluding carboxylic acids is 1. The molecule has 5 rings (SSSR count). The fraction of sp³-hybridized carbons (Fsp3) is 0.226. The van der Waals surface area contributed by atoms with Crippen molar-refractivity contribution >= 4 is 55.5 Å². The van der Waals surface area contributed by atoms with Gasteiger partial charge in [0.15, 0.2) is 0 Å². The maximum absolute atomic E-state index is 13.6. The molecule has 2 heterocycles. The van der Waals surface area contributed by atoms with E-state index in [2.05, 4.69) is 28.2 Å². The quantitative estimate of drug-likeness (QED) is 0.215. The first-order valence-corrected chi connectivity index (χ1v) is 13.8. The van der Waals surface area contributed by atoms with Crippen LogP contribution in [0.4, 0.5) is 5.69 Å². The Morgan fingerprint density at radius 3 is 2.59 bits per heavy atom. The van der Waals surface area contributed by atoms with Crippen LogP contribution < -0.4 is 10.9 Å². The van der Waals surface area contributed by atoms with E-state index >= 15 is 0 Å². The number of para-hydroxylation sites is 2. The molecule has 0 spiro atoms. The molecule has 8 heteroatoms. The summed E-state index contributed by atoms with van der Waals surface area (Å²) >= 11 is 3.46. The van der Waals surface area contributed by atoms with Gasteiger partial charge in [-0.15, -0.1) is 0 Å². The topological polar surface area (TPSA) is 81.3 Å². The number of halogens is 1.